The van der Waals surface area contributed by atoms with Gasteiger partial charge in [-0.25, -0.2) is 4.79 Å². The highest BCUT2D eigenvalue weighted by Gasteiger charge is 2.19. The molecule has 0 radical (unpaired) electrons. The Morgan fingerprint density at radius 3 is 2.52 bits per heavy atom. The average Bonchev–Trinajstić information content (AvgIpc) is 3.13. The van der Waals surface area contributed by atoms with E-state index >= 15 is 0 Å². The second kappa shape index (κ2) is 7.48. The van der Waals surface area contributed by atoms with Crippen LogP contribution in [0.1, 0.15) is 17.4 Å². The van der Waals surface area contributed by atoms with E-state index in [4.69, 9.17) is 14.2 Å². The maximum Gasteiger partial charge on any atom is 0.361 e. The van der Waals surface area contributed by atoms with Gasteiger partial charge in [0, 0.05) is 5.56 Å². The molecule has 0 spiro atoms. The molecule has 0 aliphatic carbocycles. The lowest BCUT2D eigenvalue weighted by Gasteiger charge is -2.08. The van der Waals surface area contributed by atoms with Gasteiger partial charge in [-0.1, -0.05) is 12.1 Å². The average molecular weight is 339 g/mol. The Bertz CT molecular complexity index is 859. The third-order valence-electron chi connectivity index (χ3n) is 3.42. The largest absolute Gasteiger partial charge is 0.497 e. The first-order valence-electron chi connectivity index (χ1n) is 7.71. The maximum absolute atomic E-state index is 11.9. The van der Waals surface area contributed by atoms with Crippen LogP contribution in [0.5, 0.6) is 17.2 Å². The predicted molar refractivity (Wildman–Crippen MR) is 90.8 cm³/mol. The number of methoxy groups -OCH3 is 1. The monoisotopic (exact) mass is 339 g/mol. The minimum atomic E-state index is -0.521. The van der Waals surface area contributed by atoms with Crippen molar-refractivity contribution in [1.29, 1.82) is 0 Å². The van der Waals surface area contributed by atoms with Gasteiger partial charge in [-0.2, -0.15) is 10.3 Å². The zero-order valence-electron chi connectivity index (χ0n) is 13.9. The molecule has 0 amide bonds. The zero-order valence-corrected chi connectivity index (χ0v) is 13.9. The molecule has 1 N–H and O–H groups in total. The molecule has 1 aromatic heterocycles. The number of carbonyl (C=O) groups excluding carboxylic acids is 1. The van der Waals surface area contributed by atoms with E-state index in [1.165, 1.54) is 0 Å². The minimum Gasteiger partial charge on any atom is -0.497 e. The third-order valence-corrected chi connectivity index (χ3v) is 3.42. The highest BCUT2D eigenvalue weighted by atomic mass is 16.5. The molecule has 0 saturated heterocycles. The summed E-state index contributed by atoms with van der Waals surface area (Å²) in [5, 5.41) is 10.4. The third kappa shape index (κ3) is 3.77. The fraction of sp³-hybridized carbons (Fsp3) is 0.167. The smallest absolute Gasteiger partial charge is 0.361 e. The van der Waals surface area contributed by atoms with E-state index in [2.05, 4.69) is 15.4 Å². The zero-order chi connectivity index (χ0) is 17.6. The van der Waals surface area contributed by atoms with Crippen molar-refractivity contribution in [3.63, 3.8) is 0 Å². The van der Waals surface area contributed by atoms with Crippen LogP contribution in [-0.2, 0) is 4.74 Å². The quantitative estimate of drug-likeness (QED) is 0.692. The molecule has 25 heavy (non-hydrogen) atoms. The summed E-state index contributed by atoms with van der Waals surface area (Å²) in [5.41, 5.74) is 1.25. The Morgan fingerprint density at radius 1 is 1.04 bits per heavy atom. The number of H-pyrrole nitrogens is 1. The molecule has 7 heteroatoms. The Kier molecular flexibility index (Phi) is 4.94. The summed E-state index contributed by atoms with van der Waals surface area (Å²) in [4.78, 5) is 11.9. The van der Waals surface area contributed by atoms with Crippen molar-refractivity contribution in [2.45, 2.75) is 6.92 Å². The van der Waals surface area contributed by atoms with Crippen LogP contribution in [0.4, 0.5) is 0 Å². The Balaban J connectivity index is 1.84. The molecule has 0 atom stereocenters. The molecule has 0 fully saturated rings. The van der Waals surface area contributed by atoms with Crippen LogP contribution in [0.15, 0.2) is 48.5 Å². The lowest BCUT2D eigenvalue weighted by molar-refractivity contribution is 0.0520. The second-order valence-electron chi connectivity index (χ2n) is 5.05. The van der Waals surface area contributed by atoms with Crippen LogP contribution in [0.25, 0.3) is 11.3 Å². The van der Waals surface area contributed by atoms with Gasteiger partial charge in [0.2, 0.25) is 0 Å². The molecule has 0 unspecified atom stereocenters. The number of aromatic nitrogens is 3. The van der Waals surface area contributed by atoms with Gasteiger partial charge in [0.15, 0.2) is 5.69 Å². The molecule has 1 heterocycles. The number of carbonyl (C=O) groups is 1. The van der Waals surface area contributed by atoms with Gasteiger partial charge in [0.1, 0.15) is 22.9 Å². The van der Waals surface area contributed by atoms with Crippen molar-refractivity contribution < 1.29 is 19.0 Å². The normalized spacial score (nSPS) is 10.3. The molecule has 0 bridgehead atoms. The molecule has 0 aliphatic rings. The number of rotatable bonds is 6. The van der Waals surface area contributed by atoms with E-state index in [0.717, 1.165) is 5.75 Å². The Hall–Kier alpha value is -3.35. The SMILES string of the molecule is CCOC(=O)c1n[nH]nc1-c1cccc(Oc2ccc(OC)cc2)c1. The van der Waals surface area contributed by atoms with Crippen molar-refractivity contribution in [2.75, 3.05) is 13.7 Å². The van der Waals surface area contributed by atoms with Crippen LogP contribution >= 0.6 is 0 Å². The van der Waals surface area contributed by atoms with E-state index in [9.17, 15) is 4.79 Å². The molecule has 3 rings (SSSR count). The fourth-order valence-corrected chi connectivity index (χ4v) is 2.26. The van der Waals surface area contributed by atoms with Crippen molar-refractivity contribution in [3.8, 4) is 28.5 Å². The maximum atomic E-state index is 11.9. The lowest BCUT2D eigenvalue weighted by Crippen LogP contribution is -2.06. The lowest BCUT2D eigenvalue weighted by atomic mass is 10.1. The van der Waals surface area contributed by atoms with Crippen LogP contribution < -0.4 is 9.47 Å². The summed E-state index contributed by atoms with van der Waals surface area (Å²) in [6.45, 7) is 2.01. The predicted octanol–water partition coefficient (Wildman–Crippen LogP) is 3.45. The highest BCUT2D eigenvalue weighted by molar-refractivity contribution is 5.93. The van der Waals surface area contributed by atoms with Crippen molar-refractivity contribution in [1.82, 2.24) is 15.4 Å². The van der Waals surface area contributed by atoms with Gasteiger partial charge in [-0.05, 0) is 43.3 Å². The number of nitrogens with one attached hydrogen (secondary N) is 1. The summed E-state index contributed by atoms with van der Waals surface area (Å²) < 4.78 is 16.0. The highest BCUT2D eigenvalue weighted by Crippen LogP contribution is 2.28. The van der Waals surface area contributed by atoms with E-state index in [1.54, 1.807) is 20.1 Å². The van der Waals surface area contributed by atoms with Crippen LogP contribution in [0.3, 0.4) is 0 Å². The summed E-state index contributed by atoms with van der Waals surface area (Å²) in [6.07, 6.45) is 0. The molecule has 0 saturated carbocycles. The number of esters is 1. The van der Waals surface area contributed by atoms with E-state index in [-0.39, 0.29) is 12.3 Å². The van der Waals surface area contributed by atoms with Crippen molar-refractivity contribution >= 4 is 5.97 Å². The Labute approximate surface area is 144 Å². The fourth-order valence-electron chi connectivity index (χ4n) is 2.26. The van der Waals surface area contributed by atoms with E-state index < -0.39 is 5.97 Å². The Morgan fingerprint density at radius 2 is 1.80 bits per heavy atom. The number of nitrogens with zero attached hydrogens (tertiary/aromatic N) is 2. The summed E-state index contributed by atoms with van der Waals surface area (Å²) in [6, 6.07) is 14.5. The molecule has 128 valence electrons. The number of benzene rings is 2. The molecular weight excluding hydrogens is 322 g/mol. The molecule has 2 aromatic carbocycles. The summed E-state index contributed by atoms with van der Waals surface area (Å²) in [7, 11) is 1.61. The van der Waals surface area contributed by atoms with Gasteiger partial charge in [0.25, 0.3) is 0 Å². The van der Waals surface area contributed by atoms with Crippen LogP contribution in [0, 0.1) is 0 Å². The van der Waals surface area contributed by atoms with Gasteiger partial charge < -0.3 is 14.2 Å². The molecule has 0 aliphatic heterocycles. The van der Waals surface area contributed by atoms with Gasteiger partial charge in [-0.3, -0.25) is 0 Å². The first-order valence-corrected chi connectivity index (χ1v) is 7.71. The van der Waals surface area contributed by atoms with Crippen LogP contribution in [0.2, 0.25) is 0 Å². The van der Waals surface area contributed by atoms with Gasteiger partial charge in [-0.15, -0.1) is 5.10 Å². The number of hydrogen-bond donors (Lipinski definition) is 1. The standard InChI is InChI=1S/C18H17N3O4/c1-3-24-18(22)17-16(19-21-20-17)12-5-4-6-15(11-12)25-14-9-7-13(23-2)8-10-14/h4-11H,3H2,1-2H3,(H,19,20,21). The van der Waals surface area contributed by atoms with Crippen LogP contribution in [-0.4, -0.2) is 35.1 Å². The topological polar surface area (TPSA) is 86.3 Å². The first kappa shape index (κ1) is 16.5. The number of hydrogen-bond acceptors (Lipinski definition) is 6. The van der Waals surface area contributed by atoms with Gasteiger partial charge in [0.05, 0.1) is 13.7 Å². The summed E-state index contributed by atoms with van der Waals surface area (Å²) in [5.74, 6) is 1.51. The number of ether oxygens (including phenoxy) is 3. The van der Waals surface area contributed by atoms with E-state index in [1.807, 2.05) is 42.5 Å². The first-order chi connectivity index (χ1) is 12.2. The summed E-state index contributed by atoms with van der Waals surface area (Å²) >= 11 is 0. The van der Waals surface area contributed by atoms with Gasteiger partial charge >= 0.3 is 5.97 Å². The number of aromatic amines is 1. The molecule has 7 nitrogen and oxygen atoms in total. The van der Waals surface area contributed by atoms with E-state index in [0.29, 0.717) is 22.8 Å². The second-order valence-corrected chi connectivity index (χ2v) is 5.05. The van der Waals surface area contributed by atoms with Crippen molar-refractivity contribution in [3.05, 3.63) is 54.2 Å². The minimum absolute atomic E-state index is 0.142. The molecule has 3 aromatic rings. The molecular formula is C18H17N3O4. The van der Waals surface area contributed by atoms with Crippen molar-refractivity contribution in [2.24, 2.45) is 0 Å².